The van der Waals surface area contributed by atoms with Crippen LogP contribution in [-0.2, 0) is 13.1 Å². The van der Waals surface area contributed by atoms with Crippen molar-refractivity contribution in [2.45, 2.75) is 33.4 Å². The second kappa shape index (κ2) is 7.75. The number of nitrogens with one attached hydrogen (secondary N) is 1. The predicted molar refractivity (Wildman–Crippen MR) is 91.5 cm³/mol. The molecule has 0 unspecified atom stereocenters. The minimum Gasteiger partial charge on any atom is -0.343 e. The lowest BCUT2D eigenvalue weighted by Gasteiger charge is -2.12. The molecule has 110 valence electrons. The lowest BCUT2D eigenvalue weighted by molar-refractivity contribution is 0.535. The smallest absolute Gasteiger partial charge is 0.0482 e. The number of aromatic nitrogens is 1. The van der Waals surface area contributed by atoms with Gasteiger partial charge in [0, 0.05) is 24.3 Å². The van der Waals surface area contributed by atoms with Crippen LogP contribution < -0.4 is 5.32 Å². The number of aryl methyl sites for hydroxylation is 1. The van der Waals surface area contributed by atoms with E-state index in [9.17, 15) is 0 Å². The highest BCUT2D eigenvalue weighted by Crippen LogP contribution is 2.20. The Morgan fingerprint density at radius 1 is 1.25 bits per heavy atom. The molecule has 2 rings (SSSR count). The molecule has 2 aromatic rings. The van der Waals surface area contributed by atoms with E-state index in [1.54, 1.807) is 0 Å². The fraction of sp³-hybridized carbons (Fsp3) is 0.529. The minimum absolute atomic E-state index is 0.698. The van der Waals surface area contributed by atoms with Crippen molar-refractivity contribution in [3.63, 3.8) is 0 Å². The lowest BCUT2D eigenvalue weighted by Crippen LogP contribution is -2.21. The zero-order valence-corrected chi connectivity index (χ0v) is 13.7. The fourth-order valence-electron chi connectivity index (χ4n) is 2.53. The summed E-state index contributed by atoms with van der Waals surface area (Å²) in [6, 6.07) is 11.0. The summed E-state index contributed by atoms with van der Waals surface area (Å²) >= 11 is 1.93. The maximum absolute atomic E-state index is 3.57. The molecular formula is C17H26N2S. The van der Waals surface area contributed by atoms with Gasteiger partial charge in [-0.25, -0.2) is 0 Å². The Balaban J connectivity index is 2.15. The average Bonchev–Trinajstić information content (AvgIpc) is 2.77. The second-order valence-corrected chi connectivity index (χ2v) is 6.70. The molecule has 1 aromatic carbocycles. The van der Waals surface area contributed by atoms with Crippen molar-refractivity contribution in [3.05, 3.63) is 36.0 Å². The summed E-state index contributed by atoms with van der Waals surface area (Å²) < 4.78 is 2.48. The first-order valence-electron chi connectivity index (χ1n) is 7.49. The Hall–Kier alpha value is -0.930. The molecule has 0 aliphatic carbocycles. The molecule has 0 fully saturated rings. The summed E-state index contributed by atoms with van der Waals surface area (Å²) in [6.07, 6.45) is 3.41. The number of hydrogen-bond donors (Lipinski definition) is 1. The van der Waals surface area contributed by atoms with Crippen molar-refractivity contribution in [1.29, 1.82) is 0 Å². The Bertz CT molecular complexity index is 531. The highest BCUT2D eigenvalue weighted by Gasteiger charge is 2.08. The summed E-state index contributed by atoms with van der Waals surface area (Å²) in [5, 5.41) is 4.93. The van der Waals surface area contributed by atoms with Gasteiger partial charge in [-0.05, 0) is 48.4 Å². The van der Waals surface area contributed by atoms with Crippen LogP contribution in [0.2, 0.25) is 0 Å². The molecule has 3 heteroatoms. The van der Waals surface area contributed by atoms with E-state index in [4.69, 9.17) is 0 Å². The molecule has 0 saturated carbocycles. The topological polar surface area (TPSA) is 17.0 Å². The number of para-hydroxylation sites is 1. The first-order chi connectivity index (χ1) is 9.72. The molecule has 0 bridgehead atoms. The van der Waals surface area contributed by atoms with Crippen LogP contribution in [0.15, 0.2) is 30.3 Å². The Labute approximate surface area is 126 Å². The van der Waals surface area contributed by atoms with Gasteiger partial charge >= 0.3 is 0 Å². The van der Waals surface area contributed by atoms with Crippen LogP contribution in [0.1, 0.15) is 26.0 Å². The summed E-state index contributed by atoms with van der Waals surface area (Å²) in [6.45, 7) is 7.66. The molecule has 0 aliphatic heterocycles. The van der Waals surface area contributed by atoms with Gasteiger partial charge in [0.1, 0.15) is 0 Å². The first-order valence-corrected chi connectivity index (χ1v) is 8.88. The van der Waals surface area contributed by atoms with Crippen molar-refractivity contribution >= 4 is 22.7 Å². The van der Waals surface area contributed by atoms with Crippen LogP contribution in [0.5, 0.6) is 0 Å². The van der Waals surface area contributed by atoms with Crippen LogP contribution in [0.25, 0.3) is 10.9 Å². The van der Waals surface area contributed by atoms with Crippen molar-refractivity contribution in [2.75, 3.05) is 18.6 Å². The number of thioether (sulfide) groups is 1. The van der Waals surface area contributed by atoms with E-state index in [1.807, 2.05) is 11.8 Å². The molecule has 0 aliphatic rings. The third-order valence-corrected chi connectivity index (χ3v) is 4.18. The zero-order chi connectivity index (χ0) is 14.4. The maximum atomic E-state index is 3.57. The fourth-order valence-corrected chi connectivity index (χ4v) is 2.95. The maximum Gasteiger partial charge on any atom is 0.0482 e. The summed E-state index contributed by atoms with van der Waals surface area (Å²) in [5.41, 5.74) is 2.78. The van der Waals surface area contributed by atoms with Crippen molar-refractivity contribution < 1.29 is 0 Å². The predicted octanol–water partition coefficient (Wildman–Crippen LogP) is 4.14. The molecule has 0 atom stereocenters. The highest BCUT2D eigenvalue weighted by atomic mass is 32.2. The third-order valence-electron chi connectivity index (χ3n) is 3.49. The zero-order valence-electron chi connectivity index (χ0n) is 12.9. The first kappa shape index (κ1) is 15.5. The van der Waals surface area contributed by atoms with Gasteiger partial charge in [-0.2, -0.15) is 11.8 Å². The summed E-state index contributed by atoms with van der Waals surface area (Å²) in [5.74, 6) is 1.93. The molecular weight excluding hydrogens is 264 g/mol. The monoisotopic (exact) mass is 290 g/mol. The third kappa shape index (κ3) is 4.03. The second-order valence-electron chi connectivity index (χ2n) is 5.72. The number of fused-ring (bicyclic) bond motifs is 1. The van der Waals surface area contributed by atoms with Crippen molar-refractivity contribution in [2.24, 2.45) is 5.92 Å². The minimum atomic E-state index is 0.698. The van der Waals surface area contributed by atoms with Gasteiger partial charge in [0.2, 0.25) is 0 Å². The lowest BCUT2D eigenvalue weighted by atomic mass is 10.2. The number of rotatable bonds is 8. The number of benzene rings is 1. The van der Waals surface area contributed by atoms with Crippen molar-refractivity contribution in [1.82, 2.24) is 9.88 Å². The Kier molecular flexibility index (Phi) is 5.99. The Morgan fingerprint density at radius 2 is 2.05 bits per heavy atom. The van der Waals surface area contributed by atoms with E-state index in [-0.39, 0.29) is 0 Å². The van der Waals surface area contributed by atoms with Crippen LogP contribution in [-0.4, -0.2) is 23.1 Å². The molecule has 1 heterocycles. The molecule has 1 N–H and O–H groups in total. The molecule has 0 amide bonds. The summed E-state index contributed by atoms with van der Waals surface area (Å²) in [4.78, 5) is 0. The van der Waals surface area contributed by atoms with E-state index in [0.717, 1.165) is 19.6 Å². The van der Waals surface area contributed by atoms with E-state index >= 15 is 0 Å². The quantitative estimate of drug-likeness (QED) is 0.736. The van der Waals surface area contributed by atoms with E-state index in [1.165, 1.54) is 28.8 Å². The van der Waals surface area contributed by atoms with Gasteiger partial charge in [-0.1, -0.05) is 32.0 Å². The standard InChI is InChI=1S/C17H26N2S/c1-14(2)12-18-13-16-11-15-7-4-5-8-17(15)19(16)9-6-10-20-3/h4-5,7-8,11,14,18H,6,9-10,12-13H2,1-3H3. The van der Waals surface area contributed by atoms with Gasteiger partial charge in [0.25, 0.3) is 0 Å². The molecule has 0 saturated heterocycles. The van der Waals surface area contributed by atoms with Gasteiger partial charge < -0.3 is 9.88 Å². The molecule has 20 heavy (non-hydrogen) atoms. The van der Waals surface area contributed by atoms with Gasteiger partial charge in [-0.3, -0.25) is 0 Å². The van der Waals surface area contributed by atoms with Crippen LogP contribution in [0.4, 0.5) is 0 Å². The van der Waals surface area contributed by atoms with E-state index in [0.29, 0.717) is 5.92 Å². The summed E-state index contributed by atoms with van der Waals surface area (Å²) in [7, 11) is 0. The highest BCUT2D eigenvalue weighted by molar-refractivity contribution is 7.98. The molecule has 0 radical (unpaired) electrons. The van der Waals surface area contributed by atoms with Gasteiger partial charge in [-0.15, -0.1) is 0 Å². The molecule has 1 aromatic heterocycles. The van der Waals surface area contributed by atoms with Gasteiger partial charge in [0.05, 0.1) is 0 Å². The SMILES string of the molecule is CSCCCn1c(CNCC(C)C)cc2ccccc21. The van der Waals surface area contributed by atoms with Crippen LogP contribution in [0, 0.1) is 5.92 Å². The van der Waals surface area contributed by atoms with E-state index < -0.39 is 0 Å². The number of hydrogen-bond acceptors (Lipinski definition) is 2. The van der Waals surface area contributed by atoms with Crippen molar-refractivity contribution in [3.8, 4) is 0 Å². The average molecular weight is 290 g/mol. The van der Waals surface area contributed by atoms with Gasteiger partial charge in [0.15, 0.2) is 0 Å². The normalized spacial score (nSPS) is 11.6. The van der Waals surface area contributed by atoms with Crippen LogP contribution in [0.3, 0.4) is 0 Å². The van der Waals surface area contributed by atoms with Crippen LogP contribution >= 0.6 is 11.8 Å². The Morgan fingerprint density at radius 3 is 2.80 bits per heavy atom. The number of nitrogens with zero attached hydrogens (tertiary/aromatic N) is 1. The molecule has 2 nitrogen and oxygen atoms in total. The van der Waals surface area contributed by atoms with E-state index in [2.05, 4.69) is 60.3 Å². The molecule has 0 spiro atoms. The largest absolute Gasteiger partial charge is 0.343 e.